The molecule has 0 fully saturated rings. The fourth-order valence-electron chi connectivity index (χ4n) is 1.70. The molecule has 2 rings (SSSR count). The highest BCUT2D eigenvalue weighted by atomic mass is 127. The maximum Gasteiger partial charge on any atom is 0.161 e. The fourth-order valence-corrected chi connectivity index (χ4v) is 2.06. The van der Waals surface area contributed by atoms with Gasteiger partial charge in [0, 0.05) is 9.13 Å². The molecule has 4 nitrogen and oxygen atoms in total. The van der Waals surface area contributed by atoms with Gasteiger partial charge in [-0.3, -0.25) is 5.41 Å². The van der Waals surface area contributed by atoms with E-state index in [0.29, 0.717) is 23.7 Å². The topological polar surface area (TPSA) is 68.3 Å². The molecule has 0 aliphatic carbocycles. The second-order valence-electron chi connectivity index (χ2n) is 4.19. The van der Waals surface area contributed by atoms with E-state index in [1.807, 2.05) is 24.3 Å². The molecule has 0 saturated carbocycles. The molecule has 5 heteroatoms. The molecule has 20 heavy (non-hydrogen) atoms. The molecule has 0 radical (unpaired) electrons. The summed E-state index contributed by atoms with van der Waals surface area (Å²) in [5.74, 6) is 1.21. The van der Waals surface area contributed by atoms with Crippen LogP contribution in [-0.4, -0.2) is 12.9 Å². The van der Waals surface area contributed by atoms with Gasteiger partial charge in [0.25, 0.3) is 0 Å². The lowest BCUT2D eigenvalue weighted by atomic mass is 10.2. The van der Waals surface area contributed by atoms with Crippen LogP contribution in [-0.2, 0) is 6.61 Å². The number of amidine groups is 1. The Balaban J connectivity index is 2.12. The molecule has 0 aliphatic heterocycles. The van der Waals surface area contributed by atoms with Crippen molar-refractivity contribution in [1.82, 2.24) is 0 Å². The first-order chi connectivity index (χ1) is 9.60. The molecule has 3 N–H and O–H groups in total. The largest absolute Gasteiger partial charge is 0.493 e. The van der Waals surface area contributed by atoms with E-state index >= 15 is 0 Å². The molecule has 0 saturated heterocycles. The zero-order valence-electron chi connectivity index (χ0n) is 11.0. The van der Waals surface area contributed by atoms with Crippen LogP contribution in [0.3, 0.4) is 0 Å². The van der Waals surface area contributed by atoms with Gasteiger partial charge in [0.05, 0.1) is 7.11 Å². The van der Waals surface area contributed by atoms with Gasteiger partial charge in [0.15, 0.2) is 11.5 Å². The van der Waals surface area contributed by atoms with E-state index in [-0.39, 0.29) is 5.84 Å². The molecule has 0 amide bonds. The molecular weight excluding hydrogens is 367 g/mol. The van der Waals surface area contributed by atoms with Gasteiger partial charge in [0.1, 0.15) is 12.4 Å². The van der Waals surface area contributed by atoms with Crippen molar-refractivity contribution < 1.29 is 9.47 Å². The third-order valence-corrected chi connectivity index (χ3v) is 3.50. The van der Waals surface area contributed by atoms with E-state index in [0.717, 1.165) is 5.56 Å². The second-order valence-corrected chi connectivity index (χ2v) is 5.44. The number of methoxy groups -OCH3 is 1. The van der Waals surface area contributed by atoms with Gasteiger partial charge >= 0.3 is 0 Å². The minimum Gasteiger partial charge on any atom is -0.493 e. The van der Waals surface area contributed by atoms with E-state index in [4.69, 9.17) is 20.6 Å². The second kappa shape index (κ2) is 6.60. The van der Waals surface area contributed by atoms with Gasteiger partial charge in [-0.2, -0.15) is 0 Å². The number of nitrogen functional groups attached to an aromatic ring is 1. The predicted molar refractivity (Wildman–Crippen MR) is 87.5 cm³/mol. The van der Waals surface area contributed by atoms with Crippen molar-refractivity contribution in [3.63, 3.8) is 0 Å². The van der Waals surface area contributed by atoms with Crippen molar-refractivity contribution in [2.75, 3.05) is 7.11 Å². The van der Waals surface area contributed by atoms with Gasteiger partial charge < -0.3 is 15.2 Å². The summed E-state index contributed by atoms with van der Waals surface area (Å²) in [7, 11) is 1.57. The first-order valence-corrected chi connectivity index (χ1v) is 7.07. The van der Waals surface area contributed by atoms with Crippen molar-refractivity contribution in [3.8, 4) is 11.5 Å². The summed E-state index contributed by atoms with van der Waals surface area (Å²) in [5.41, 5.74) is 7.15. The SMILES string of the molecule is COc1cc(C(=N)N)ccc1OCc1ccc(I)cc1. The Kier molecular flexibility index (Phi) is 4.84. The lowest BCUT2D eigenvalue weighted by molar-refractivity contribution is 0.284. The first-order valence-electron chi connectivity index (χ1n) is 6.00. The summed E-state index contributed by atoms with van der Waals surface area (Å²) in [6.45, 7) is 0.465. The molecule has 0 spiro atoms. The lowest BCUT2D eigenvalue weighted by Gasteiger charge is -2.12. The Bertz CT molecular complexity index is 612. The number of halogens is 1. The highest BCUT2D eigenvalue weighted by Crippen LogP contribution is 2.28. The van der Waals surface area contributed by atoms with Crippen molar-refractivity contribution in [2.24, 2.45) is 5.73 Å². The summed E-state index contributed by atoms with van der Waals surface area (Å²) < 4.78 is 12.2. The highest BCUT2D eigenvalue weighted by molar-refractivity contribution is 14.1. The minimum absolute atomic E-state index is 0.00693. The summed E-state index contributed by atoms with van der Waals surface area (Å²) in [4.78, 5) is 0. The van der Waals surface area contributed by atoms with Gasteiger partial charge in [-0.25, -0.2) is 0 Å². The Labute approximate surface area is 131 Å². The number of benzene rings is 2. The standard InChI is InChI=1S/C15H15IN2O2/c1-19-14-8-11(15(17)18)4-7-13(14)20-9-10-2-5-12(16)6-3-10/h2-8H,9H2,1H3,(H3,17,18). The molecule has 104 valence electrons. The highest BCUT2D eigenvalue weighted by Gasteiger charge is 2.07. The van der Waals surface area contributed by atoms with Crippen LogP contribution in [0.15, 0.2) is 42.5 Å². The summed E-state index contributed by atoms with van der Waals surface area (Å²) >= 11 is 2.26. The Hall–Kier alpha value is -1.76. The average molecular weight is 382 g/mol. The zero-order chi connectivity index (χ0) is 14.5. The van der Waals surface area contributed by atoms with Crippen LogP contribution < -0.4 is 15.2 Å². The molecule has 0 aliphatic rings. The van der Waals surface area contributed by atoms with Gasteiger partial charge in [-0.1, -0.05) is 12.1 Å². The number of hydrogen-bond acceptors (Lipinski definition) is 3. The summed E-state index contributed by atoms with van der Waals surface area (Å²) in [6.07, 6.45) is 0. The van der Waals surface area contributed by atoms with E-state index in [9.17, 15) is 0 Å². The summed E-state index contributed by atoms with van der Waals surface area (Å²) in [6, 6.07) is 13.3. The third kappa shape index (κ3) is 3.63. The van der Waals surface area contributed by atoms with Crippen molar-refractivity contribution >= 4 is 28.4 Å². The average Bonchev–Trinajstić information content (AvgIpc) is 2.46. The van der Waals surface area contributed by atoms with Crippen molar-refractivity contribution in [2.45, 2.75) is 6.61 Å². The molecule has 2 aromatic rings. The maximum absolute atomic E-state index is 7.41. The van der Waals surface area contributed by atoms with Crippen LogP contribution >= 0.6 is 22.6 Å². The predicted octanol–water partition coefficient (Wildman–Crippen LogP) is 3.16. The lowest BCUT2D eigenvalue weighted by Crippen LogP contribution is -2.11. The maximum atomic E-state index is 7.41. The van der Waals surface area contributed by atoms with E-state index in [2.05, 4.69) is 22.6 Å². The normalized spacial score (nSPS) is 10.1. The number of nitrogens with two attached hydrogens (primary N) is 1. The molecule has 0 aromatic heterocycles. The quantitative estimate of drug-likeness (QED) is 0.474. The zero-order valence-corrected chi connectivity index (χ0v) is 13.2. The van der Waals surface area contributed by atoms with Crippen LogP contribution in [0.1, 0.15) is 11.1 Å². The fraction of sp³-hybridized carbons (Fsp3) is 0.133. The van der Waals surface area contributed by atoms with Crippen molar-refractivity contribution in [1.29, 1.82) is 5.41 Å². The number of rotatable bonds is 5. The van der Waals surface area contributed by atoms with E-state index in [1.54, 1.807) is 25.3 Å². The Morgan fingerprint density at radius 2 is 1.85 bits per heavy atom. The third-order valence-electron chi connectivity index (χ3n) is 2.78. The Morgan fingerprint density at radius 3 is 2.45 bits per heavy atom. The van der Waals surface area contributed by atoms with Crippen molar-refractivity contribution in [3.05, 3.63) is 57.2 Å². The molecule has 0 heterocycles. The van der Waals surface area contributed by atoms with Crippen LogP contribution in [0.25, 0.3) is 0 Å². The van der Waals surface area contributed by atoms with Gasteiger partial charge in [-0.05, 0) is 58.5 Å². The monoisotopic (exact) mass is 382 g/mol. The first kappa shape index (κ1) is 14.6. The van der Waals surface area contributed by atoms with Crippen LogP contribution in [0.2, 0.25) is 0 Å². The number of ether oxygens (including phenoxy) is 2. The van der Waals surface area contributed by atoms with E-state index in [1.165, 1.54) is 3.57 Å². The van der Waals surface area contributed by atoms with Gasteiger partial charge in [-0.15, -0.1) is 0 Å². The van der Waals surface area contributed by atoms with Crippen LogP contribution in [0.5, 0.6) is 11.5 Å². The molecule has 0 atom stereocenters. The minimum atomic E-state index is 0.00693. The molecular formula is C15H15IN2O2. The van der Waals surface area contributed by atoms with Crippen LogP contribution in [0.4, 0.5) is 0 Å². The smallest absolute Gasteiger partial charge is 0.161 e. The molecule has 2 aromatic carbocycles. The number of hydrogen-bond donors (Lipinski definition) is 2. The molecule has 0 unspecified atom stereocenters. The van der Waals surface area contributed by atoms with Gasteiger partial charge in [0.2, 0.25) is 0 Å². The summed E-state index contributed by atoms with van der Waals surface area (Å²) in [5, 5.41) is 7.41. The number of nitrogens with one attached hydrogen (secondary N) is 1. The van der Waals surface area contributed by atoms with Crippen LogP contribution in [0, 0.1) is 8.98 Å². The van der Waals surface area contributed by atoms with E-state index < -0.39 is 0 Å². The Morgan fingerprint density at radius 1 is 1.15 bits per heavy atom. The molecule has 0 bridgehead atoms.